The zero-order valence-electron chi connectivity index (χ0n) is 12.4. The zero-order valence-corrected chi connectivity index (χ0v) is 14.0. The summed E-state index contributed by atoms with van der Waals surface area (Å²) in [7, 11) is 0. The second-order valence-electron chi connectivity index (χ2n) is 5.13. The van der Waals surface area contributed by atoms with Crippen molar-refractivity contribution in [3.63, 3.8) is 0 Å². The van der Waals surface area contributed by atoms with E-state index in [1.165, 1.54) is 24.3 Å². The van der Waals surface area contributed by atoms with Gasteiger partial charge in [-0.15, -0.1) is 0 Å². The molecule has 2 aromatic carbocycles. The molecule has 0 amide bonds. The number of aromatic nitrogens is 2. The van der Waals surface area contributed by atoms with Crippen LogP contribution in [0.2, 0.25) is 0 Å². The molecule has 0 bridgehead atoms. The van der Waals surface area contributed by atoms with Crippen molar-refractivity contribution in [3.05, 3.63) is 63.0 Å². The highest BCUT2D eigenvalue weighted by Gasteiger charge is 2.23. The molecule has 0 saturated carbocycles. The third kappa shape index (κ3) is 3.51. The average Bonchev–Trinajstić information content (AvgIpc) is 2.55. The average molecular weight is 416 g/mol. The maximum absolute atomic E-state index is 14.4. The lowest BCUT2D eigenvalue weighted by Crippen LogP contribution is -2.28. The first-order valence-electron chi connectivity index (χ1n) is 7.06. The molecule has 0 atom stereocenters. The van der Waals surface area contributed by atoms with Gasteiger partial charge < -0.3 is 9.88 Å². The lowest BCUT2D eigenvalue weighted by molar-refractivity contribution is 0.157. The molecular weight excluding hydrogens is 406 g/mol. The lowest BCUT2D eigenvalue weighted by atomic mass is 10.2. The van der Waals surface area contributed by atoms with E-state index < -0.39 is 30.3 Å². The van der Waals surface area contributed by atoms with Crippen LogP contribution in [0.3, 0.4) is 0 Å². The summed E-state index contributed by atoms with van der Waals surface area (Å²) in [6.45, 7) is -0.921. The van der Waals surface area contributed by atoms with Crippen molar-refractivity contribution >= 4 is 38.3 Å². The largest absolute Gasteiger partial charge is 0.347 e. The summed E-state index contributed by atoms with van der Waals surface area (Å²) in [6.07, 6.45) is -2.84. The summed E-state index contributed by atoms with van der Waals surface area (Å²) in [5.74, 6) is -1.69. The van der Waals surface area contributed by atoms with Gasteiger partial charge >= 0.3 is 5.69 Å². The van der Waals surface area contributed by atoms with Crippen LogP contribution in [0.1, 0.15) is 0 Å². The van der Waals surface area contributed by atoms with E-state index in [0.717, 1.165) is 17.0 Å². The molecule has 1 heterocycles. The lowest BCUT2D eigenvalue weighted by Gasteiger charge is -2.25. The molecule has 0 spiro atoms. The van der Waals surface area contributed by atoms with Gasteiger partial charge in [-0.05, 0) is 46.3 Å². The van der Waals surface area contributed by atoms with Crippen LogP contribution in [0.4, 0.5) is 29.1 Å². The Morgan fingerprint density at radius 3 is 2.68 bits per heavy atom. The molecule has 0 aliphatic carbocycles. The Bertz CT molecular complexity index is 993. The highest BCUT2D eigenvalue weighted by molar-refractivity contribution is 9.10. The molecule has 0 saturated heterocycles. The fraction of sp³-hybridized carbons (Fsp3) is 0.125. The third-order valence-electron chi connectivity index (χ3n) is 3.47. The van der Waals surface area contributed by atoms with Gasteiger partial charge in [0.15, 0.2) is 5.82 Å². The Morgan fingerprint density at radius 2 is 1.96 bits per heavy atom. The fourth-order valence-corrected chi connectivity index (χ4v) is 2.81. The predicted molar refractivity (Wildman–Crippen MR) is 89.4 cm³/mol. The highest BCUT2D eigenvalue weighted by Crippen LogP contribution is 2.34. The number of aromatic amines is 1. The maximum Gasteiger partial charge on any atom is 0.347 e. The second-order valence-corrected chi connectivity index (χ2v) is 5.98. The Labute approximate surface area is 147 Å². The number of fused-ring (bicyclic) bond motifs is 1. The molecule has 4 nitrogen and oxygen atoms in total. The van der Waals surface area contributed by atoms with Crippen LogP contribution >= 0.6 is 15.9 Å². The van der Waals surface area contributed by atoms with E-state index >= 15 is 0 Å². The monoisotopic (exact) mass is 415 g/mol. The van der Waals surface area contributed by atoms with Gasteiger partial charge in [0.1, 0.15) is 11.6 Å². The van der Waals surface area contributed by atoms with Crippen LogP contribution in [-0.4, -0.2) is 22.9 Å². The van der Waals surface area contributed by atoms with Gasteiger partial charge in [-0.1, -0.05) is 6.07 Å². The number of nitrogens with one attached hydrogen (secondary N) is 1. The van der Waals surface area contributed by atoms with Crippen molar-refractivity contribution in [2.45, 2.75) is 6.43 Å². The minimum Gasteiger partial charge on any atom is -0.317 e. The van der Waals surface area contributed by atoms with Gasteiger partial charge in [0.05, 0.1) is 22.2 Å². The molecular formula is C16H10BrF4N3O. The first-order chi connectivity index (χ1) is 11.9. The van der Waals surface area contributed by atoms with E-state index in [2.05, 4.69) is 25.9 Å². The van der Waals surface area contributed by atoms with Gasteiger partial charge in [-0.2, -0.15) is 4.98 Å². The Kier molecular flexibility index (Phi) is 4.76. The van der Waals surface area contributed by atoms with E-state index in [1.54, 1.807) is 0 Å². The number of benzene rings is 2. The van der Waals surface area contributed by atoms with E-state index in [9.17, 15) is 22.4 Å². The van der Waals surface area contributed by atoms with Crippen LogP contribution in [0, 0.1) is 11.6 Å². The summed E-state index contributed by atoms with van der Waals surface area (Å²) < 4.78 is 54.3. The third-order valence-corrected chi connectivity index (χ3v) is 4.08. The van der Waals surface area contributed by atoms with E-state index in [4.69, 9.17) is 0 Å². The van der Waals surface area contributed by atoms with Crippen LogP contribution in [0.5, 0.6) is 0 Å². The number of hydrogen-bond acceptors (Lipinski definition) is 3. The molecule has 0 aliphatic heterocycles. The summed E-state index contributed by atoms with van der Waals surface area (Å²) >= 11 is 2.99. The molecule has 0 unspecified atom stereocenters. The van der Waals surface area contributed by atoms with Crippen molar-refractivity contribution in [3.8, 4) is 0 Å². The van der Waals surface area contributed by atoms with E-state index in [0.29, 0.717) is 0 Å². The molecule has 3 rings (SSSR count). The van der Waals surface area contributed by atoms with Crippen molar-refractivity contribution < 1.29 is 17.6 Å². The summed E-state index contributed by atoms with van der Waals surface area (Å²) in [5, 5.41) is 0.0830. The van der Waals surface area contributed by atoms with Crippen molar-refractivity contribution in [2.75, 3.05) is 11.4 Å². The quantitative estimate of drug-likeness (QED) is 0.643. The Balaban J connectivity index is 2.30. The number of alkyl halides is 2. The molecule has 25 heavy (non-hydrogen) atoms. The number of rotatable bonds is 4. The highest BCUT2D eigenvalue weighted by atomic mass is 79.9. The van der Waals surface area contributed by atoms with Gasteiger partial charge in [-0.3, -0.25) is 0 Å². The Hall–Kier alpha value is -2.42. The minimum absolute atomic E-state index is 0.0598. The number of halogens is 5. The van der Waals surface area contributed by atoms with Crippen molar-refractivity contribution in [1.29, 1.82) is 0 Å². The van der Waals surface area contributed by atoms with E-state index in [-0.39, 0.29) is 26.9 Å². The summed E-state index contributed by atoms with van der Waals surface area (Å²) in [5.41, 5.74) is -0.826. The van der Waals surface area contributed by atoms with Gasteiger partial charge in [0, 0.05) is 5.39 Å². The topological polar surface area (TPSA) is 49.0 Å². The molecule has 0 aliphatic rings. The van der Waals surface area contributed by atoms with Crippen molar-refractivity contribution in [1.82, 2.24) is 9.97 Å². The fourth-order valence-electron chi connectivity index (χ4n) is 2.45. The molecule has 130 valence electrons. The number of nitrogens with zero attached hydrogens (tertiary/aromatic N) is 2. The standard InChI is InChI=1S/C16H10BrF4N3O/c17-10-2-1-3-12(14(10)21)24(7-13(19)20)15-9-6-8(18)4-5-11(9)22-16(25)23-15/h1-6,13H,7H2,(H,22,23,25). The van der Waals surface area contributed by atoms with Gasteiger partial charge in [0.2, 0.25) is 0 Å². The summed E-state index contributed by atoms with van der Waals surface area (Å²) in [6, 6.07) is 7.58. The second kappa shape index (κ2) is 6.83. The predicted octanol–water partition coefficient (Wildman–Crippen LogP) is 4.37. The maximum atomic E-state index is 14.4. The van der Waals surface area contributed by atoms with Crippen molar-refractivity contribution in [2.24, 2.45) is 0 Å². The van der Waals surface area contributed by atoms with Crippen LogP contribution in [0.15, 0.2) is 45.7 Å². The molecule has 0 radical (unpaired) electrons. The SMILES string of the molecule is O=c1nc(N(CC(F)F)c2cccc(Br)c2F)c2cc(F)ccc2[nH]1. The summed E-state index contributed by atoms with van der Waals surface area (Å²) in [4.78, 5) is 18.7. The van der Waals surface area contributed by atoms with Crippen LogP contribution < -0.4 is 10.6 Å². The minimum atomic E-state index is -2.84. The smallest absolute Gasteiger partial charge is 0.317 e. The van der Waals surface area contributed by atoms with Gasteiger partial charge in [-0.25, -0.2) is 22.4 Å². The Morgan fingerprint density at radius 1 is 1.20 bits per heavy atom. The van der Waals surface area contributed by atoms with Crippen LogP contribution in [-0.2, 0) is 0 Å². The van der Waals surface area contributed by atoms with Gasteiger partial charge in [0.25, 0.3) is 6.43 Å². The normalized spacial score (nSPS) is 11.3. The molecule has 9 heteroatoms. The first-order valence-corrected chi connectivity index (χ1v) is 7.85. The number of hydrogen-bond donors (Lipinski definition) is 1. The first kappa shape index (κ1) is 17.4. The molecule has 1 N–H and O–H groups in total. The number of anilines is 2. The molecule has 0 fully saturated rings. The molecule has 3 aromatic rings. The van der Waals surface area contributed by atoms with Crippen LogP contribution in [0.25, 0.3) is 10.9 Å². The molecule has 1 aromatic heterocycles. The number of H-pyrrole nitrogens is 1. The zero-order chi connectivity index (χ0) is 18.1. The van der Waals surface area contributed by atoms with E-state index in [1.807, 2.05) is 0 Å².